The van der Waals surface area contributed by atoms with Gasteiger partial charge in [-0.05, 0) is 24.1 Å². The van der Waals surface area contributed by atoms with Crippen LogP contribution in [-0.4, -0.2) is 12.6 Å². The molecule has 0 aliphatic carbocycles. The van der Waals surface area contributed by atoms with Gasteiger partial charge < -0.3 is 9.47 Å². The van der Waals surface area contributed by atoms with E-state index < -0.39 is 0 Å². The minimum atomic E-state index is -0.365. The number of benzene rings is 2. The molecular formula is C16H13O3Y+2. The van der Waals surface area contributed by atoms with Gasteiger partial charge >= 0.3 is 32.7 Å². The first-order valence-electron chi connectivity index (χ1n) is 6.27. The van der Waals surface area contributed by atoms with E-state index in [0.29, 0.717) is 11.3 Å². The Morgan fingerprint density at radius 2 is 2.05 bits per heavy atom. The Morgan fingerprint density at radius 1 is 1.25 bits per heavy atom. The van der Waals surface area contributed by atoms with Gasteiger partial charge in [-0.3, -0.25) is 4.79 Å². The third-order valence-corrected chi connectivity index (χ3v) is 3.01. The first kappa shape index (κ1) is 15.2. The molecule has 0 amide bonds. The molecule has 0 unspecified atom stereocenters. The molecule has 4 heteroatoms. The number of esters is 1. The fraction of sp³-hybridized carbons (Fsp3) is 0.188. The number of fused-ring (bicyclic) bond motifs is 1. The Labute approximate surface area is 143 Å². The summed E-state index contributed by atoms with van der Waals surface area (Å²) in [6, 6.07) is 15.5. The Balaban J connectivity index is 0.00000147. The average Bonchev–Trinajstić information content (AvgIpc) is 2.48. The Hall–Kier alpha value is -1.19. The zero-order valence-corrected chi connectivity index (χ0v) is 13.8. The van der Waals surface area contributed by atoms with E-state index in [1.807, 2.05) is 24.3 Å². The number of aryl methyl sites for hydroxylation is 1. The summed E-state index contributed by atoms with van der Waals surface area (Å²) in [7, 11) is 0. The largest absolute Gasteiger partial charge is 3.00 e. The van der Waals surface area contributed by atoms with Crippen LogP contribution in [0.2, 0.25) is 0 Å². The summed E-state index contributed by atoms with van der Waals surface area (Å²) in [6.45, 7) is 0.720. The molecule has 2 aromatic rings. The van der Waals surface area contributed by atoms with E-state index in [9.17, 15) is 4.79 Å². The van der Waals surface area contributed by atoms with Crippen LogP contribution in [0, 0.1) is 6.07 Å². The van der Waals surface area contributed by atoms with Gasteiger partial charge in [-0.1, -0.05) is 24.6 Å². The predicted octanol–water partition coefficient (Wildman–Crippen LogP) is 3.03. The maximum absolute atomic E-state index is 12.0. The monoisotopic (exact) mass is 342 g/mol. The molecule has 3 rings (SSSR count). The number of rotatable bonds is 2. The second kappa shape index (κ2) is 7.00. The summed E-state index contributed by atoms with van der Waals surface area (Å²) in [5.74, 6) is 0.930. The van der Waals surface area contributed by atoms with Gasteiger partial charge in [-0.2, -0.15) is 12.1 Å². The van der Waals surface area contributed by atoms with E-state index in [0.717, 1.165) is 30.8 Å². The summed E-state index contributed by atoms with van der Waals surface area (Å²) < 4.78 is 10.8. The molecule has 96 valence electrons. The minimum absolute atomic E-state index is 0. The van der Waals surface area contributed by atoms with Crippen molar-refractivity contribution in [3.63, 3.8) is 0 Å². The van der Waals surface area contributed by atoms with Crippen molar-refractivity contribution in [2.24, 2.45) is 0 Å². The summed E-state index contributed by atoms with van der Waals surface area (Å²) in [4.78, 5) is 12.0. The van der Waals surface area contributed by atoms with E-state index in [-0.39, 0.29) is 38.7 Å². The van der Waals surface area contributed by atoms with Crippen LogP contribution >= 0.6 is 0 Å². The zero-order chi connectivity index (χ0) is 13.1. The van der Waals surface area contributed by atoms with Crippen molar-refractivity contribution in [2.75, 3.05) is 6.61 Å². The van der Waals surface area contributed by atoms with Gasteiger partial charge in [0.05, 0.1) is 6.61 Å². The molecular weight excluding hydrogens is 329 g/mol. The van der Waals surface area contributed by atoms with Gasteiger partial charge in [-0.25, -0.2) is 0 Å². The first-order chi connectivity index (χ1) is 9.33. The topological polar surface area (TPSA) is 35.5 Å². The summed E-state index contributed by atoms with van der Waals surface area (Å²) in [5.41, 5.74) is 1.53. The molecule has 0 N–H and O–H groups in total. The molecule has 0 fully saturated rings. The maximum Gasteiger partial charge on any atom is 3.00 e. The minimum Gasteiger partial charge on any atom is -0.519 e. The second-order valence-electron chi connectivity index (χ2n) is 4.40. The normalized spacial score (nSPS) is 12.6. The SMILES string of the molecule is O=C(Oc1ccccc1)c1c[c-]c2c(c1)CCCO2.[Y+3]. The molecule has 3 nitrogen and oxygen atoms in total. The molecule has 0 aromatic heterocycles. The molecule has 0 radical (unpaired) electrons. The van der Waals surface area contributed by atoms with Crippen LogP contribution in [0.1, 0.15) is 22.3 Å². The van der Waals surface area contributed by atoms with Gasteiger partial charge in [0.25, 0.3) is 5.97 Å². The first-order valence-corrected chi connectivity index (χ1v) is 6.27. The van der Waals surface area contributed by atoms with Crippen LogP contribution in [-0.2, 0) is 39.1 Å². The average molecular weight is 342 g/mol. The molecule has 1 aliphatic rings. The summed E-state index contributed by atoms with van der Waals surface area (Å²) in [6.07, 6.45) is 1.89. The Bertz CT molecular complexity index is 596. The van der Waals surface area contributed by atoms with Crippen molar-refractivity contribution in [2.45, 2.75) is 12.8 Å². The molecule has 1 heterocycles. The molecule has 0 atom stereocenters. The van der Waals surface area contributed by atoms with E-state index in [1.54, 1.807) is 18.2 Å². The standard InChI is InChI=1S/C16H13O3.Y/c17-16(19-14-6-2-1-3-7-14)13-8-9-15-12(11-13)5-4-10-18-15;/h1-3,6-8,11H,4-5,10H2;/q-1;+3. The van der Waals surface area contributed by atoms with Crippen LogP contribution in [0.25, 0.3) is 0 Å². The number of carbonyl (C=O) groups excluding carboxylic acids is 1. The molecule has 0 saturated carbocycles. The third-order valence-electron chi connectivity index (χ3n) is 3.01. The van der Waals surface area contributed by atoms with Gasteiger partial charge in [0.1, 0.15) is 5.75 Å². The van der Waals surface area contributed by atoms with E-state index >= 15 is 0 Å². The predicted molar refractivity (Wildman–Crippen MR) is 70.5 cm³/mol. The zero-order valence-electron chi connectivity index (χ0n) is 11.0. The van der Waals surface area contributed by atoms with E-state index in [2.05, 4.69) is 6.07 Å². The van der Waals surface area contributed by atoms with Crippen molar-refractivity contribution in [1.82, 2.24) is 0 Å². The number of hydrogen-bond acceptors (Lipinski definition) is 3. The number of ether oxygens (including phenoxy) is 2. The van der Waals surface area contributed by atoms with Crippen LogP contribution < -0.4 is 9.47 Å². The molecule has 0 bridgehead atoms. The number of carbonyl (C=O) groups is 1. The van der Waals surface area contributed by atoms with Crippen molar-refractivity contribution >= 4 is 5.97 Å². The molecule has 2 aromatic carbocycles. The quantitative estimate of drug-likeness (QED) is 0.478. The molecule has 1 aliphatic heterocycles. The summed E-state index contributed by atoms with van der Waals surface area (Å²) in [5, 5.41) is 0. The maximum atomic E-state index is 12.0. The van der Waals surface area contributed by atoms with Gasteiger partial charge in [0.15, 0.2) is 0 Å². The fourth-order valence-corrected chi connectivity index (χ4v) is 2.06. The summed E-state index contributed by atoms with van der Waals surface area (Å²) >= 11 is 0. The van der Waals surface area contributed by atoms with E-state index in [1.165, 1.54) is 0 Å². The molecule has 0 saturated heterocycles. The van der Waals surface area contributed by atoms with E-state index in [4.69, 9.17) is 9.47 Å². The number of para-hydroxylation sites is 1. The number of hydrogen-bond donors (Lipinski definition) is 0. The van der Waals surface area contributed by atoms with Crippen molar-refractivity contribution in [3.8, 4) is 11.5 Å². The van der Waals surface area contributed by atoms with Crippen LogP contribution in [0.4, 0.5) is 0 Å². The second-order valence-corrected chi connectivity index (χ2v) is 4.40. The van der Waals surface area contributed by atoms with Crippen molar-refractivity contribution in [3.05, 3.63) is 59.7 Å². The van der Waals surface area contributed by atoms with Crippen LogP contribution in [0.5, 0.6) is 11.5 Å². The van der Waals surface area contributed by atoms with Gasteiger partial charge in [0, 0.05) is 5.75 Å². The van der Waals surface area contributed by atoms with Crippen molar-refractivity contribution < 1.29 is 47.0 Å². The Kier molecular flexibility index (Phi) is 5.33. The Morgan fingerprint density at radius 3 is 2.85 bits per heavy atom. The molecule has 20 heavy (non-hydrogen) atoms. The van der Waals surface area contributed by atoms with Gasteiger partial charge in [-0.15, -0.1) is 11.6 Å². The fourth-order valence-electron chi connectivity index (χ4n) is 2.06. The van der Waals surface area contributed by atoms with Crippen LogP contribution in [0.15, 0.2) is 42.5 Å². The van der Waals surface area contributed by atoms with Crippen LogP contribution in [0.3, 0.4) is 0 Å². The molecule has 0 spiro atoms. The third kappa shape index (κ3) is 3.47. The van der Waals surface area contributed by atoms with Crippen molar-refractivity contribution in [1.29, 1.82) is 0 Å². The van der Waals surface area contributed by atoms with Gasteiger partial charge in [0.2, 0.25) is 0 Å². The smallest absolute Gasteiger partial charge is 0.519 e.